The zero-order chi connectivity index (χ0) is 9.42. The third-order valence-corrected chi connectivity index (χ3v) is 3.77. The topological polar surface area (TPSA) is 0 Å². The van der Waals surface area contributed by atoms with E-state index in [2.05, 4.69) is 15.9 Å². The zero-order valence-corrected chi connectivity index (χ0v) is 9.64. The highest BCUT2D eigenvalue weighted by atomic mass is 79.9. The molecule has 0 unspecified atom stereocenters. The van der Waals surface area contributed by atoms with Gasteiger partial charge in [-0.15, -0.1) is 11.3 Å². The van der Waals surface area contributed by atoms with E-state index in [-0.39, 0.29) is 5.82 Å². The van der Waals surface area contributed by atoms with Crippen LogP contribution in [0.5, 0.6) is 0 Å². The van der Waals surface area contributed by atoms with Crippen LogP contribution in [0, 0.1) is 5.82 Å². The van der Waals surface area contributed by atoms with E-state index in [1.54, 1.807) is 12.1 Å². The van der Waals surface area contributed by atoms with Gasteiger partial charge in [-0.05, 0) is 17.7 Å². The van der Waals surface area contributed by atoms with Gasteiger partial charge in [-0.1, -0.05) is 33.6 Å². The highest BCUT2D eigenvalue weighted by molar-refractivity contribution is 9.08. The molecular weight excluding hydrogens is 275 g/mol. The van der Waals surface area contributed by atoms with E-state index in [1.165, 1.54) is 17.4 Å². The number of thiophene rings is 1. The first-order valence-corrected chi connectivity index (χ1v) is 5.96. The van der Waals surface area contributed by atoms with Crippen LogP contribution >= 0.6 is 38.9 Å². The van der Waals surface area contributed by atoms with Crippen LogP contribution in [-0.4, -0.2) is 0 Å². The number of halogens is 3. The second-order valence-electron chi connectivity index (χ2n) is 2.63. The van der Waals surface area contributed by atoms with Crippen molar-refractivity contribution >= 4 is 49.0 Å². The van der Waals surface area contributed by atoms with Gasteiger partial charge in [0.05, 0.1) is 4.34 Å². The summed E-state index contributed by atoms with van der Waals surface area (Å²) in [6.07, 6.45) is 0. The Hall–Kier alpha value is -0.120. The molecule has 13 heavy (non-hydrogen) atoms. The molecule has 2 rings (SSSR count). The van der Waals surface area contributed by atoms with Crippen molar-refractivity contribution in [2.45, 2.75) is 5.33 Å². The molecule has 0 nitrogen and oxygen atoms in total. The lowest BCUT2D eigenvalue weighted by molar-refractivity contribution is 0.640. The Labute approximate surface area is 92.5 Å². The Bertz CT molecular complexity index is 452. The molecule has 4 heteroatoms. The van der Waals surface area contributed by atoms with Crippen molar-refractivity contribution in [2.24, 2.45) is 0 Å². The van der Waals surface area contributed by atoms with Crippen LogP contribution < -0.4 is 0 Å². The van der Waals surface area contributed by atoms with Crippen LogP contribution in [0.3, 0.4) is 0 Å². The Morgan fingerprint density at radius 2 is 2.23 bits per heavy atom. The Morgan fingerprint density at radius 1 is 1.46 bits per heavy atom. The number of fused-ring (bicyclic) bond motifs is 1. The fraction of sp³-hybridized carbons (Fsp3) is 0.111. The average Bonchev–Trinajstić information content (AvgIpc) is 2.48. The summed E-state index contributed by atoms with van der Waals surface area (Å²) in [5.41, 5.74) is 1.08. The van der Waals surface area contributed by atoms with Gasteiger partial charge in [0.2, 0.25) is 0 Å². The molecule has 1 heterocycles. The summed E-state index contributed by atoms with van der Waals surface area (Å²) in [5, 5.41) is 1.34. The predicted molar refractivity (Wildman–Crippen MR) is 59.4 cm³/mol. The zero-order valence-electron chi connectivity index (χ0n) is 6.48. The van der Waals surface area contributed by atoms with Gasteiger partial charge in [-0.3, -0.25) is 0 Å². The van der Waals surface area contributed by atoms with Crippen molar-refractivity contribution in [1.29, 1.82) is 0 Å². The van der Waals surface area contributed by atoms with Crippen LogP contribution in [0.25, 0.3) is 10.1 Å². The molecule has 0 amide bonds. The Balaban J connectivity index is 2.83. The summed E-state index contributed by atoms with van der Waals surface area (Å²) in [6.45, 7) is 0. The second-order valence-corrected chi connectivity index (χ2v) is 4.88. The van der Waals surface area contributed by atoms with E-state index in [0.717, 1.165) is 15.6 Å². The fourth-order valence-corrected chi connectivity index (χ4v) is 3.12. The molecule has 1 aromatic heterocycles. The van der Waals surface area contributed by atoms with Gasteiger partial charge in [0.15, 0.2) is 0 Å². The minimum Gasteiger partial charge on any atom is -0.206 e. The van der Waals surface area contributed by atoms with Gasteiger partial charge < -0.3 is 0 Å². The van der Waals surface area contributed by atoms with Crippen molar-refractivity contribution in [1.82, 2.24) is 0 Å². The molecule has 0 atom stereocenters. The van der Waals surface area contributed by atoms with Crippen molar-refractivity contribution in [3.8, 4) is 0 Å². The fourth-order valence-electron chi connectivity index (χ4n) is 1.22. The Kier molecular flexibility index (Phi) is 2.58. The van der Waals surface area contributed by atoms with E-state index >= 15 is 0 Å². The van der Waals surface area contributed by atoms with E-state index in [0.29, 0.717) is 9.72 Å². The van der Waals surface area contributed by atoms with Gasteiger partial charge in [0.1, 0.15) is 5.82 Å². The predicted octanol–water partition coefficient (Wildman–Crippen LogP) is 4.59. The lowest BCUT2D eigenvalue weighted by atomic mass is 10.2. The highest BCUT2D eigenvalue weighted by Gasteiger charge is 2.08. The summed E-state index contributed by atoms with van der Waals surface area (Å²) in [7, 11) is 0. The summed E-state index contributed by atoms with van der Waals surface area (Å²) in [4.78, 5) is 0. The molecule has 0 spiro atoms. The third kappa shape index (κ3) is 1.60. The lowest BCUT2D eigenvalue weighted by Gasteiger charge is -1.97. The molecule has 0 saturated carbocycles. The standard InChI is InChI=1S/C9H5BrClFS/c10-4-5-1-2-7(12)6-3-8(11)13-9(5)6/h1-3H,4H2. The molecule has 0 bridgehead atoms. The summed E-state index contributed by atoms with van der Waals surface area (Å²) < 4.78 is 14.8. The number of hydrogen-bond donors (Lipinski definition) is 0. The molecule has 68 valence electrons. The molecule has 0 aliphatic carbocycles. The molecule has 1 aromatic carbocycles. The third-order valence-electron chi connectivity index (χ3n) is 1.83. The van der Waals surface area contributed by atoms with E-state index < -0.39 is 0 Å². The van der Waals surface area contributed by atoms with Crippen LogP contribution in [-0.2, 0) is 5.33 Å². The number of rotatable bonds is 1. The minimum absolute atomic E-state index is 0.206. The Morgan fingerprint density at radius 3 is 2.92 bits per heavy atom. The molecule has 0 N–H and O–H groups in total. The molecular formula is C9H5BrClFS. The number of hydrogen-bond acceptors (Lipinski definition) is 1. The van der Waals surface area contributed by atoms with Gasteiger partial charge in [-0.25, -0.2) is 4.39 Å². The quantitative estimate of drug-likeness (QED) is 0.670. The van der Waals surface area contributed by atoms with E-state index in [1.807, 2.05) is 0 Å². The van der Waals surface area contributed by atoms with Gasteiger partial charge in [-0.2, -0.15) is 0 Å². The van der Waals surface area contributed by atoms with E-state index in [9.17, 15) is 4.39 Å². The van der Waals surface area contributed by atoms with Gasteiger partial charge in [0.25, 0.3) is 0 Å². The van der Waals surface area contributed by atoms with Gasteiger partial charge >= 0.3 is 0 Å². The molecule has 0 saturated heterocycles. The smallest absolute Gasteiger partial charge is 0.131 e. The summed E-state index contributed by atoms with van der Waals surface area (Å²) in [6, 6.07) is 4.92. The van der Waals surface area contributed by atoms with Crippen molar-refractivity contribution in [3.63, 3.8) is 0 Å². The largest absolute Gasteiger partial charge is 0.206 e. The maximum Gasteiger partial charge on any atom is 0.131 e. The first-order chi connectivity index (χ1) is 6.22. The normalized spacial score (nSPS) is 11.0. The number of benzene rings is 1. The first kappa shape index (κ1) is 9.44. The number of alkyl halides is 1. The molecule has 0 radical (unpaired) electrons. The molecule has 0 aliphatic heterocycles. The maximum absolute atomic E-state index is 13.2. The summed E-state index contributed by atoms with van der Waals surface area (Å²) in [5.74, 6) is -0.206. The molecule has 0 aliphatic rings. The summed E-state index contributed by atoms with van der Waals surface area (Å²) >= 11 is 10.6. The van der Waals surface area contributed by atoms with Crippen LogP contribution in [0.2, 0.25) is 4.34 Å². The SMILES string of the molecule is Fc1ccc(CBr)c2sc(Cl)cc12. The van der Waals surface area contributed by atoms with Crippen molar-refractivity contribution < 1.29 is 4.39 Å². The lowest BCUT2D eigenvalue weighted by Crippen LogP contribution is -1.80. The van der Waals surface area contributed by atoms with Crippen molar-refractivity contribution in [3.05, 3.63) is 33.9 Å². The van der Waals surface area contributed by atoms with Gasteiger partial charge in [0, 0.05) is 15.4 Å². The first-order valence-electron chi connectivity index (χ1n) is 3.65. The van der Waals surface area contributed by atoms with Crippen LogP contribution in [0.1, 0.15) is 5.56 Å². The van der Waals surface area contributed by atoms with Crippen LogP contribution in [0.15, 0.2) is 18.2 Å². The van der Waals surface area contributed by atoms with Crippen molar-refractivity contribution in [2.75, 3.05) is 0 Å². The molecule has 0 fully saturated rings. The average molecular weight is 280 g/mol. The monoisotopic (exact) mass is 278 g/mol. The van der Waals surface area contributed by atoms with E-state index in [4.69, 9.17) is 11.6 Å². The van der Waals surface area contributed by atoms with Crippen LogP contribution in [0.4, 0.5) is 4.39 Å². The minimum atomic E-state index is -0.206. The highest BCUT2D eigenvalue weighted by Crippen LogP contribution is 2.34. The molecule has 2 aromatic rings. The maximum atomic E-state index is 13.2. The second kappa shape index (κ2) is 3.56.